The standard InChI is InChI=1S/C20H22N4O2/c25-18(26)16-11-20(16)6-9-23(10-7-20)19-21-8-5-17(22-19)24-12-14-3-1-2-4-15(14)13-24/h1-5,8,16H,6-7,9-13H2,(H,25,26). The molecular formula is C20H22N4O2. The zero-order valence-electron chi connectivity index (χ0n) is 14.6. The first-order valence-electron chi connectivity index (χ1n) is 9.27. The van der Waals surface area contributed by atoms with Crippen molar-refractivity contribution in [2.45, 2.75) is 32.4 Å². The Labute approximate surface area is 152 Å². The summed E-state index contributed by atoms with van der Waals surface area (Å²) in [5.41, 5.74) is 2.76. The Morgan fingerprint density at radius 2 is 1.77 bits per heavy atom. The van der Waals surface area contributed by atoms with Gasteiger partial charge >= 0.3 is 5.97 Å². The highest BCUT2D eigenvalue weighted by atomic mass is 16.4. The number of fused-ring (bicyclic) bond motifs is 1. The van der Waals surface area contributed by atoms with Crippen molar-refractivity contribution in [1.82, 2.24) is 9.97 Å². The Hall–Kier alpha value is -2.63. The van der Waals surface area contributed by atoms with Gasteiger partial charge in [0.2, 0.25) is 5.95 Å². The van der Waals surface area contributed by atoms with Crippen molar-refractivity contribution < 1.29 is 9.90 Å². The number of carboxylic acids is 1. The van der Waals surface area contributed by atoms with Gasteiger partial charge in [-0.25, -0.2) is 4.98 Å². The van der Waals surface area contributed by atoms with Crippen LogP contribution in [-0.4, -0.2) is 34.1 Å². The third kappa shape index (κ3) is 2.52. The molecular weight excluding hydrogens is 328 g/mol. The number of nitrogens with zero attached hydrogens (tertiary/aromatic N) is 4. The lowest BCUT2D eigenvalue weighted by atomic mass is 9.91. The van der Waals surface area contributed by atoms with E-state index >= 15 is 0 Å². The van der Waals surface area contributed by atoms with Crippen molar-refractivity contribution in [3.05, 3.63) is 47.7 Å². The average molecular weight is 350 g/mol. The number of aliphatic carboxylic acids is 1. The van der Waals surface area contributed by atoms with E-state index < -0.39 is 5.97 Å². The van der Waals surface area contributed by atoms with E-state index in [0.29, 0.717) is 0 Å². The highest BCUT2D eigenvalue weighted by molar-refractivity contribution is 5.75. The topological polar surface area (TPSA) is 69.6 Å². The molecule has 1 unspecified atom stereocenters. The van der Waals surface area contributed by atoms with Gasteiger partial charge in [0.15, 0.2) is 0 Å². The third-order valence-corrected chi connectivity index (χ3v) is 6.32. The summed E-state index contributed by atoms with van der Waals surface area (Å²) in [7, 11) is 0. The average Bonchev–Trinajstić information content (AvgIpc) is 3.19. The van der Waals surface area contributed by atoms with Crippen LogP contribution in [0.25, 0.3) is 0 Å². The number of hydrogen-bond donors (Lipinski definition) is 1. The normalized spacial score (nSPS) is 23.2. The molecule has 2 aromatic rings. The smallest absolute Gasteiger partial charge is 0.307 e. The third-order valence-electron chi connectivity index (χ3n) is 6.32. The molecule has 1 aliphatic carbocycles. The second-order valence-electron chi connectivity index (χ2n) is 7.78. The Balaban J connectivity index is 1.29. The van der Waals surface area contributed by atoms with E-state index in [1.807, 2.05) is 12.3 Å². The van der Waals surface area contributed by atoms with Crippen molar-refractivity contribution in [1.29, 1.82) is 0 Å². The minimum absolute atomic E-state index is 0.0382. The lowest BCUT2D eigenvalue weighted by Gasteiger charge is -2.33. The predicted molar refractivity (Wildman–Crippen MR) is 98.0 cm³/mol. The summed E-state index contributed by atoms with van der Waals surface area (Å²) in [6.45, 7) is 3.45. The maximum atomic E-state index is 11.2. The molecule has 2 aliphatic heterocycles. The molecule has 1 saturated carbocycles. The van der Waals surface area contributed by atoms with Gasteiger partial charge in [-0.1, -0.05) is 24.3 Å². The Bertz CT molecular complexity index is 835. The van der Waals surface area contributed by atoms with Gasteiger partial charge in [-0.05, 0) is 41.9 Å². The first-order valence-corrected chi connectivity index (χ1v) is 9.27. The Kier molecular flexibility index (Phi) is 3.42. The van der Waals surface area contributed by atoms with Gasteiger partial charge in [-0.3, -0.25) is 4.79 Å². The number of benzene rings is 1. The van der Waals surface area contributed by atoms with Crippen LogP contribution in [0.15, 0.2) is 36.5 Å². The van der Waals surface area contributed by atoms with Gasteiger partial charge in [0, 0.05) is 32.4 Å². The molecule has 1 aromatic carbocycles. The van der Waals surface area contributed by atoms with Crippen LogP contribution in [0.2, 0.25) is 0 Å². The quantitative estimate of drug-likeness (QED) is 0.918. The number of hydrogen-bond acceptors (Lipinski definition) is 5. The van der Waals surface area contributed by atoms with Gasteiger partial charge in [-0.15, -0.1) is 0 Å². The van der Waals surface area contributed by atoms with E-state index in [1.165, 1.54) is 11.1 Å². The summed E-state index contributed by atoms with van der Waals surface area (Å²) in [6.07, 6.45) is 4.52. The molecule has 3 aliphatic rings. The molecule has 0 bridgehead atoms. The van der Waals surface area contributed by atoms with E-state index in [-0.39, 0.29) is 11.3 Å². The first-order chi connectivity index (χ1) is 12.6. The van der Waals surface area contributed by atoms with Crippen LogP contribution in [0.1, 0.15) is 30.4 Å². The zero-order chi connectivity index (χ0) is 17.7. The SMILES string of the molecule is O=C(O)C1CC12CCN(c1nccc(N3Cc4ccccc4C3)n1)CC2. The molecule has 6 heteroatoms. The molecule has 1 saturated heterocycles. The maximum absolute atomic E-state index is 11.2. The molecule has 0 amide bonds. The van der Waals surface area contributed by atoms with Crippen molar-refractivity contribution in [2.24, 2.45) is 11.3 Å². The molecule has 1 aromatic heterocycles. The van der Waals surface area contributed by atoms with E-state index in [9.17, 15) is 9.90 Å². The molecule has 2 fully saturated rings. The summed E-state index contributed by atoms with van der Waals surface area (Å²) in [4.78, 5) is 25.0. The molecule has 1 N–H and O–H groups in total. The van der Waals surface area contributed by atoms with Gasteiger partial charge in [-0.2, -0.15) is 4.98 Å². The fourth-order valence-electron chi connectivity index (χ4n) is 4.56. The van der Waals surface area contributed by atoms with E-state index in [0.717, 1.165) is 57.2 Å². The van der Waals surface area contributed by atoms with Gasteiger partial charge in [0.25, 0.3) is 0 Å². The molecule has 6 nitrogen and oxygen atoms in total. The van der Waals surface area contributed by atoms with Crippen LogP contribution in [0, 0.1) is 11.3 Å². The molecule has 1 spiro atoms. The van der Waals surface area contributed by atoms with Crippen molar-refractivity contribution in [3.8, 4) is 0 Å². The van der Waals surface area contributed by atoms with Crippen LogP contribution in [0.3, 0.4) is 0 Å². The number of aromatic nitrogens is 2. The van der Waals surface area contributed by atoms with Crippen LogP contribution in [-0.2, 0) is 17.9 Å². The molecule has 0 radical (unpaired) electrons. The molecule has 5 rings (SSSR count). The predicted octanol–water partition coefficient (Wildman–Crippen LogP) is 2.69. The van der Waals surface area contributed by atoms with Gasteiger partial charge in [0.1, 0.15) is 5.82 Å². The summed E-state index contributed by atoms with van der Waals surface area (Å²) in [5, 5.41) is 9.24. The maximum Gasteiger partial charge on any atom is 0.307 e. The molecule has 3 heterocycles. The van der Waals surface area contributed by atoms with Gasteiger partial charge in [0.05, 0.1) is 5.92 Å². The number of anilines is 2. The van der Waals surface area contributed by atoms with Crippen molar-refractivity contribution >= 4 is 17.7 Å². The fourth-order valence-corrected chi connectivity index (χ4v) is 4.56. The molecule has 26 heavy (non-hydrogen) atoms. The number of carbonyl (C=O) groups is 1. The van der Waals surface area contributed by atoms with Crippen LogP contribution in [0.4, 0.5) is 11.8 Å². The first kappa shape index (κ1) is 15.6. The largest absolute Gasteiger partial charge is 0.481 e. The Morgan fingerprint density at radius 1 is 1.08 bits per heavy atom. The lowest BCUT2D eigenvalue weighted by Crippen LogP contribution is -2.37. The monoisotopic (exact) mass is 350 g/mol. The second-order valence-corrected chi connectivity index (χ2v) is 7.78. The highest BCUT2D eigenvalue weighted by Crippen LogP contribution is 2.59. The highest BCUT2D eigenvalue weighted by Gasteiger charge is 2.58. The zero-order valence-corrected chi connectivity index (χ0v) is 14.6. The molecule has 134 valence electrons. The summed E-state index contributed by atoms with van der Waals surface area (Å²) < 4.78 is 0. The van der Waals surface area contributed by atoms with Crippen LogP contribution < -0.4 is 9.80 Å². The summed E-state index contributed by atoms with van der Waals surface area (Å²) in [6, 6.07) is 10.5. The number of rotatable bonds is 3. The van der Waals surface area contributed by atoms with Gasteiger partial charge < -0.3 is 14.9 Å². The lowest BCUT2D eigenvalue weighted by molar-refractivity contribution is -0.139. The number of piperidine rings is 1. The summed E-state index contributed by atoms with van der Waals surface area (Å²) in [5.74, 6) is 0.951. The number of carboxylic acid groups (broad SMARTS) is 1. The Morgan fingerprint density at radius 3 is 2.38 bits per heavy atom. The second kappa shape index (κ2) is 5.69. The van der Waals surface area contributed by atoms with Crippen molar-refractivity contribution in [2.75, 3.05) is 22.9 Å². The van der Waals surface area contributed by atoms with E-state index in [2.05, 4.69) is 39.0 Å². The molecule has 1 atom stereocenters. The van der Waals surface area contributed by atoms with Crippen molar-refractivity contribution in [3.63, 3.8) is 0 Å². The fraction of sp³-hybridized carbons (Fsp3) is 0.450. The van der Waals surface area contributed by atoms with Crippen LogP contribution >= 0.6 is 0 Å². The minimum Gasteiger partial charge on any atom is -0.481 e. The van der Waals surface area contributed by atoms with E-state index in [1.54, 1.807) is 0 Å². The van der Waals surface area contributed by atoms with E-state index in [4.69, 9.17) is 4.98 Å². The minimum atomic E-state index is -0.634. The summed E-state index contributed by atoms with van der Waals surface area (Å²) >= 11 is 0. The van der Waals surface area contributed by atoms with Crippen LogP contribution in [0.5, 0.6) is 0 Å².